The summed E-state index contributed by atoms with van der Waals surface area (Å²) in [5, 5.41) is 11.9. The molecule has 0 radical (unpaired) electrons. The Labute approximate surface area is 159 Å². The molecule has 0 saturated heterocycles. The van der Waals surface area contributed by atoms with E-state index in [1.807, 2.05) is 12.1 Å². The molecule has 1 amide bonds. The van der Waals surface area contributed by atoms with Gasteiger partial charge in [0.1, 0.15) is 6.33 Å². The van der Waals surface area contributed by atoms with Crippen molar-refractivity contribution < 1.29 is 9.59 Å². The fourth-order valence-corrected chi connectivity index (χ4v) is 3.29. The van der Waals surface area contributed by atoms with Gasteiger partial charge in [-0.25, -0.2) is 0 Å². The number of nitrogens with one attached hydrogen (secondary N) is 1. The quantitative estimate of drug-likeness (QED) is 0.514. The maximum Gasteiger partial charge on any atom is 0.221 e. The van der Waals surface area contributed by atoms with Crippen LogP contribution in [0.25, 0.3) is 5.69 Å². The summed E-state index contributed by atoms with van der Waals surface area (Å²) in [7, 11) is 0. The molecule has 0 aliphatic heterocycles. The van der Waals surface area contributed by atoms with Gasteiger partial charge in [0.15, 0.2) is 10.9 Å². The second-order valence-electron chi connectivity index (χ2n) is 5.43. The molecule has 2 aromatic carbocycles. The Morgan fingerprint density at radius 1 is 1.19 bits per heavy atom. The maximum absolute atomic E-state index is 12.4. The highest BCUT2D eigenvalue weighted by Crippen LogP contribution is 2.22. The van der Waals surface area contributed by atoms with Crippen LogP contribution in [0.4, 0.5) is 5.69 Å². The Balaban J connectivity index is 1.67. The number of Topliss-reactive ketones (excluding diaryl/α,β-unsaturated/α-hetero) is 1. The van der Waals surface area contributed by atoms with E-state index < -0.39 is 0 Å². The van der Waals surface area contributed by atoms with Crippen molar-refractivity contribution in [1.29, 1.82) is 0 Å². The Morgan fingerprint density at radius 2 is 1.96 bits per heavy atom. The van der Waals surface area contributed by atoms with Gasteiger partial charge in [-0.05, 0) is 42.5 Å². The van der Waals surface area contributed by atoms with Crippen LogP contribution in [0.3, 0.4) is 0 Å². The zero-order chi connectivity index (χ0) is 18.5. The van der Waals surface area contributed by atoms with E-state index in [0.717, 1.165) is 5.69 Å². The van der Waals surface area contributed by atoms with Gasteiger partial charge >= 0.3 is 0 Å². The first-order valence-corrected chi connectivity index (χ1v) is 9.09. The number of anilines is 1. The summed E-state index contributed by atoms with van der Waals surface area (Å²) in [6, 6.07) is 14.1. The number of carbonyl (C=O) groups is 2. The van der Waals surface area contributed by atoms with E-state index >= 15 is 0 Å². The number of nitrogens with zero attached hydrogens (tertiary/aromatic N) is 3. The summed E-state index contributed by atoms with van der Waals surface area (Å²) in [6.45, 7) is 1.44. The third kappa shape index (κ3) is 4.50. The minimum Gasteiger partial charge on any atom is -0.326 e. The van der Waals surface area contributed by atoms with Crippen LogP contribution in [0, 0.1) is 0 Å². The Kier molecular flexibility index (Phi) is 5.70. The molecular weight excluding hydrogens is 372 g/mol. The van der Waals surface area contributed by atoms with Gasteiger partial charge in [0.25, 0.3) is 0 Å². The smallest absolute Gasteiger partial charge is 0.221 e. The highest BCUT2D eigenvalue weighted by atomic mass is 35.5. The highest BCUT2D eigenvalue weighted by molar-refractivity contribution is 7.99. The fourth-order valence-electron chi connectivity index (χ4n) is 2.28. The largest absolute Gasteiger partial charge is 0.326 e. The summed E-state index contributed by atoms with van der Waals surface area (Å²) in [5.41, 5.74) is 2.06. The van der Waals surface area contributed by atoms with E-state index in [1.165, 1.54) is 18.7 Å². The Morgan fingerprint density at radius 3 is 2.65 bits per heavy atom. The second-order valence-corrected chi connectivity index (χ2v) is 6.81. The van der Waals surface area contributed by atoms with Crippen LogP contribution in [-0.4, -0.2) is 32.2 Å². The minimum atomic E-state index is -0.153. The average molecular weight is 387 g/mol. The average Bonchev–Trinajstić information content (AvgIpc) is 3.08. The van der Waals surface area contributed by atoms with E-state index in [1.54, 1.807) is 47.3 Å². The molecule has 0 aliphatic carbocycles. The first-order chi connectivity index (χ1) is 12.5. The van der Waals surface area contributed by atoms with Gasteiger partial charge in [0.05, 0.1) is 11.4 Å². The molecule has 8 heteroatoms. The van der Waals surface area contributed by atoms with E-state index in [2.05, 4.69) is 15.5 Å². The van der Waals surface area contributed by atoms with Crippen molar-refractivity contribution in [3.8, 4) is 5.69 Å². The van der Waals surface area contributed by atoms with Gasteiger partial charge in [-0.15, -0.1) is 10.2 Å². The van der Waals surface area contributed by atoms with Crippen LogP contribution < -0.4 is 5.32 Å². The molecule has 0 aliphatic rings. The Bertz CT molecular complexity index is 940. The predicted octanol–water partition coefficient (Wildman–Crippen LogP) is 3.85. The number of thioether (sulfide) groups is 1. The molecule has 132 valence electrons. The lowest BCUT2D eigenvalue weighted by molar-refractivity contribution is -0.114. The summed E-state index contributed by atoms with van der Waals surface area (Å²) in [5.74, 6) is 0.0312. The molecule has 3 aromatic rings. The number of ketones is 1. The maximum atomic E-state index is 12.4. The molecule has 0 spiro atoms. The number of halogens is 1. The van der Waals surface area contributed by atoms with Gasteiger partial charge in [-0.1, -0.05) is 29.4 Å². The zero-order valence-electron chi connectivity index (χ0n) is 13.8. The van der Waals surface area contributed by atoms with Crippen LogP contribution in [0.15, 0.2) is 60.0 Å². The first-order valence-electron chi connectivity index (χ1n) is 7.72. The van der Waals surface area contributed by atoms with Crippen molar-refractivity contribution in [2.45, 2.75) is 12.1 Å². The van der Waals surface area contributed by atoms with Crippen LogP contribution in [0.5, 0.6) is 0 Å². The van der Waals surface area contributed by atoms with Crippen molar-refractivity contribution in [2.24, 2.45) is 0 Å². The lowest BCUT2D eigenvalue weighted by Crippen LogP contribution is -2.07. The van der Waals surface area contributed by atoms with Crippen molar-refractivity contribution in [1.82, 2.24) is 14.8 Å². The van der Waals surface area contributed by atoms with Gasteiger partial charge in [0, 0.05) is 23.2 Å². The van der Waals surface area contributed by atoms with Crippen LogP contribution in [0.2, 0.25) is 5.02 Å². The zero-order valence-corrected chi connectivity index (χ0v) is 15.4. The molecule has 0 unspecified atom stereocenters. The summed E-state index contributed by atoms with van der Waals surface area (Å²) in [6.07, 6.45) is 1.58. The predicted molar refractivity (Wildman–Crippen MR) is 102 cm³/mol. The van der Waals surface area contributed by atoms with Crippen molar-refractivity contribution >= 4 is 40.7 Å². The van der Waals surface area contributed by atoms with Gasteiger partial charge in [-0.2, -0.15) is 0 Å². The highest BCUT2D eigenvalue weighted by Gasteiger charge is 2.12. The number of hydrogen-bond donors (Lipinski definition) is 1. The lowest BCUT2D eigenvalue weighted by Gasteiger charge is -2.07. The number of rotatable bonds is 6. The molecule has 1 aromatic heterocycles. The number of hydrogen-bond acceptors (Lipinski definition) is 5. The number of amides is 1. The fraction of sp³-hybridized carbons (Fsp3) is 0.111. The van der Waals surface area contributed by atoms with Gasteiger partial charge < -0.3 is 5.32 Å². The van der Waals surface area contributed by atoms with Crippen LogP contribution >= 0.6 is 23.4 Å². The van der Waals surface area contributed by atoms with E-state index in [9.17, 15) is 9.59 Å². The molecule has 0 atom stereocenters. The SMILES string of the molecule is CC(=O)Nc1ccc(C(=O)CSc2nncn2-c2cccc(Cl)c2)cc1. The molecule has 6 nitrogen and oxygen atoms in total. The van der Waals surface area contributed by atoms with E-state index in [0.29, 0.717) is 21.4 Å². The summed E-state index contributed by atoms with van der Waals surface area (Å²) >= 11 is 7.32. The van der Waals surface area contributed by atoms with Crippen molar-refractivity contribution in [3.63, 3.8) is 0 Å². The molecule has 1 N–H and O–H groups in total. The molecule has 0 saturated carbocycles. The van der Waals surface area contributed by atoms with E-state index in [4.69, 9.17) is 11.6 Å². The number of aromatic nitrogens is 3. The second kappa shape index (κ2) is 8.16. The first kappa shape index (κ1) is 18.2. The Hall–Kier alpha value is -2.64. The molecule has 0 bridgehead atoms. The summed E-state index contributed by atoms with van der Waals surface area (Å²) < 4.78 is 1.78. The number of carbonyl (C=O) groups excluding carboxylic acids is 2. The normalized spacial score (nSPS) is 10.5. The van der Waals surface area contributed by atoms with Gasteiger partial charge in [0.2, 0.25) is 5.91 Å². The molecule has 0 fully saturated rings. The van der Waals surface area contributed by atoms with Crippen molar-refractivity contribution in [2.75, 3.05) is 11.1 Å². The number of benzene rings is 2. The van der Waals surface area contributed by atoms with Gasteiger partial charge in [-0.3, -0.25) is 14.2 Å². The molecule has 1 heterocycles. The third-order valence-corrected chi connectivity index (χ3v) is 4.64. The minimum absolute atomic E-state index is 0.0370. The molecular formula is C18H15ClN4O2S. The van der Waals surface area contributed by atoms with E-state index in [-0.39, 0.29) is 17.4 Å². The standard InChI is InChI=1S/C18H15ClN4O2S/c1-12(24)21-15-7-5-13(6-8-15)17(25)10-26-18-22-20-11-23(18)16-4-2-3-14(19)9-16/h2-9,11H,10H2,1H3,(H,21,24). The third-order valence-electron chi connectivity index (χ3n) is 3.46. The summed E-state index contributed by atoms with van der Waals surface area (Å²) in [4.78, 5) is 23.4. The monoisotopic (exact) mass is 386 g/mol. The van der Waals surface area contributed by atoms with Crippen LogP contribution in [-0.2, 0) is 4.79 Å². The topological polar surface area (TPSA) is 76.9 Å². The lowest BCUT2D eigenvalue weighted by atomic mass is 10.1. The molecule has 26 heavy (non-hydrogen) atoms. The van der Waals surface area contributed by atoms with Crippen molar-refractivity contribution in [3.05, 3.63) is 65.4 Å². The van der Waals surface area contributed by atoms with Crippen LogP contribution in [0.1, 0.15) is 17.3 Å². The molecule has 3 rings (SSSR count).